The normalized spacial score (nSPS) is 10.2. The average Bonchev–Trinajstić information content (AvgIpc) is 2.40. The predicted octanol–water partition coefficient (Wildman–Crippen LogP) is 3.36. The fourth-order valence-electron chi connectivity index (χ4n) is 1.72. The van der Waals surface area contributed by atoms with Crippen LogP contribution in [0.2, 0.25) is 0 Å². The van der Waals surface area contributed by atoms with Crippen LogP contribution in [0.25, 0.3) is 0 Å². The van der Waals surface area contributed by atoms with Crippen molar-refractivity contribution in [1.82, 2.24) is 4.98 Å². The molecule has 0 aliphatic carbocycles. The zero-order valence-electron chi connectivity index (χ0n) is 10.4. The van der Waals surface area contributed by atoms with E-state index in [4.69, 9.17) is 0 Å². The van der Waals surface area contributed by atoms with Crippen LogP contribution < -0.4 is 5.32 Å². The second-order valence-electron chi connectivity index (χ2n) is 4.04. The minimum Gasteiger partial charge on any atom is -0.506 e. The molecule has 2 N–H and O–H groups in total. The molecule has 2 rings (SSSR count). The molecule has 4 nitrogen and oxygen atoms in total. The molecular formula is C14H13BrN2O2. The number of benzene rings is 1. The average molecular weight is 321 g/mol. The highest BCUT2D eigenvalue weighted by Gasteiger charge is 2.09. The van der Waals surface area contributed by atoms with E-state index in [-0.39, 0.29) is 11.7 Å². The van der Waals surface area contributed by atoms with Crippen molar-refractivity contribution in [2.45, 2.75) is 13.3 Å². The first-order valence-electron chi connectivity index (χ1n) is 5.84. The molecule has 1 aromatic carbocycles. The molecule has 0 aliphatic heterocycles. The zero-order valence-corrected chi connectivity index (χ0v) is 11.9. The number of hydrogen-bond donors (Lipinski definition) is 2. The van der Waals surface area contributed by atoms with Crippen LogP contribution in [0.5, 0.6) is 5.75 Å². The highest BCUT2D eigenvalue weighted by molar-refractivity contribution is 9.10. The summed E-state index contributed by atoms with van der Waals surface area (Å²) in [6.07, 6.45) is 3.51. The van der Waals surface area contributed by atoms with Crippen molar-refractivity contribution >= 4 is 27.5 Å². The Hall–Kier alpha value is -1.88. The van der Waals surface area contributed by atoms with Gasteiger partial charge in [-0.1, -0.05) is 22.9 Å². The van der Waals surface area contributed by atoms with Crippen molar-refractivity contribution in [3.05, 3.63) is 52.3 Å². The number of aryl methyl sites for hydroxylation is 1. The number of anilines is 1. The van der Waals surface area contributed by atoms with Crippen molar-refractivity contribution in [2.75, 3.05) is 5.32 Å². The topological polar surface area (TPSA) is 62.2 Å². The molecule has 1 heterocycles. The van der Waals surface area contributed by atoms with Crippen molar-refractivity contribution in [3.63, 3.8) is 0 Å². The lowest BCUT2D eigenvalue weighted by atomic mass is 10.1. The summed E-state index contributed by atoms with van der Waals surface area (Å²) in [6.45, 7) is 2.02. The number of aromatic nitrogens is 1. The number of pyridine rings is 1. The molecule has 5 heteroatoms. The number of hydrogen-bond acceptors (Lipinski definition) is 3. The smallest absolute Gasteiger partial charge is 0.257 e. The number of carbonyl (C=O) groups is 1. The first-order chi connectivity index (χ1) is 9.10. The Bertz CT molecular complexity index is 614. The van der Waals surface area contributed by atoms with Gasteiger partial charge >= 0.3 is 0 Å². The highest BCUT2D eigenvalue weighted by Crippen LogP contribution is 2.22. The lowest BCUT2D eigenvalue weighted by Gasteiger charge is -2.10. The molecule has 2 aromatic rings. The molecule has 0 unspecified atom stereocenters. The molecule has 19 heavy (non-hydrogen) atoms. The number of nitrogens with zero attached hydrogens (tertiary/aromatic N) is 1. The Morgan fingerprint density at radius 3 is 2.84 bits per heavy atom. The maximum Gasteiger partial charge on any atom is 0.257 e. The van der Waals surface area contributed by atoms with Gasteiger partial charge in [0.15, 0.2) is 0 Å². The molecule has 0 atom stereocenters. The maximum atomic E-state index is 12.0. The van der Waals surface area contributed by atoms with Crippen molar-refractivity contribution in [3.8, 4) is 5.75 Å². The van der Waals surface area contributed by atoms with Crippen LogP contribution in [0.4, 0.5) is 5.69 Å². The van der Waals surface area contributed by atoms with E-state index in [1.54, 1.807) is 0 Å². The van der Waals surface area contributed by atoms with E-state index in [2.05, 4.69) is 26.2 Å². The van der Waals surface area contributed by atoms with Crippen molar-refractivity contribution in [2.24, 2.45) is 0 Å². The number of rotatable bonds is 3. The third-order valence-electron chi connectivity index (χ3n) is 2.68. The second-order valence-corrected chi connectivity index (χ2v) is 4.96. The van der Waals surface area contributed by atoms with E-state index in [9.17, 15) is 9.90 Å². The van der Waals surface area contributed by atoms with Crippen LogP contribution >= 0.6 is 15.9 Å². The van der Waals surface area contributed by atoms with E-state index in [0.29, 0.717) is 5.56 Å². The number of carbonyl (C=O) groups excluding carboxylic acids is 1. The van der Waals surface area contributed by atoms with E-state index < -0.39 is 0 Å². The van der Waals surface area contributed by atoms with Gasteiger partial charge in [0.05, 0.1) is 11.8 Å². The van der Waals surface area contributed by atoms with E-state index >= 15 is 0 Å². The molecule has 0 aliphatic rings. The van der Waals surface area contributed by atoms with E-state index in [1.807, 2.05) is 25.1 Å². The fraction of sp³-hybridized carbons (Fsp3) is 0.143. The Labute approximate surface area is 119 Å². The minimum atomic E-state index is -0.291. The molecule has 1 aromatic heterocycles. The van der Waals surface area contributed by atoms with Crippen LogP contribution in [0.3, 0.4) is 0 Å². The van der Waals surface area contributed by atoms with Gasteiger partial charge in [-0.05, 0) is 36.2 Å². The molecule has 0 saturated carbocycles. The number of nitrogens with one attached hydrogen (secondary N) is 1. The van der Waals surface area contributed by atoms with Crippen LogP contribution in [0, 0.1) is 0 Å². The third-order valence-corrected chi connectivity index (χ3v) is 3.18. The van der Waals surface area contributed by atoms with Gasteiger partial charge in [-0.2, -0.15) is 0 Å². The summed E-state index contributed by atoms with van der Waals surface area (Å²) in [5.41, 5.74) is 2.12. The number of halogens is 1. The molecular weight excluding hydrogens is 308 g/mol. The maximum absolute atomic E-state index is 12.0. The Morgan fingerprint density at radius 1 is 1.37 bits per heavy atom. The SMILES string of the molecule is CCc1cc(Br)ccc1NC(=O)c1cncc(O)c1. The molecule has 0 fully saturated rings. The first kappa shape index (κ1) is 13.5. The molecule has 98 valence electrons. The fourth-order valence-corrected chi connectivity index (χ4v) is 2.13. The molecule has 0 radical (unpaired) electrons. The van der Waals surface area contributed by atoms with E-state index in [0.717, 1.165) is 22.1 Å². The number of amides is 1. The first-order valence-corrected chi connectivity index (χ1v) is 6.63. The van der Waals surface area contributed by atoms with Gasteiger partial charge in [-0.15, -0.1) is 0 Å². The summed E-state index contributed by atoms with van der Waals surface area (Å²) in [7, 11) is 0. The van der Waals surface area contributed by atoms with Gasteiger partial charge < -0.3 is 10.4 Å². The van der Waals surface area contributed by atoms with Crippen LogP contribution in [-0.4, -0.2) is 16.0 Å². The largest absolute Gasteiger partial charge is 0.506 e. The standard InChI is InChI=1S/C14H13BrN2O2/c1-2-9-5-11(15)3-4-13(9)17-14(19)10-6-12(18)8-16-7-10/h3-8,18H,2H2,1H3,(H,17,19). The molecule has 1 amide bonds. The lowest BCUT2D eigenvalue weighted by molar-refractivity contribution is 0.102. The summed E-state index contributed by atoms with van der Waals surface area (Å²) < 4.78 is 0.973. The summed E-state index contributed by atoms with van der Waals surface area (Å²) in [5, 5.41) is 12.1. The van der Waals surface area contributed by atoms with Crippen LogP contribution in [-0.2, 0) is 6.42 Å². The van der Waals surface area contributed by atoms with Crippen molar-refractivity contribution < 1.29 is 9.90 Å². The van der Waals surface area contributed by atoms with Gasteiger partial charge in [0, 0.05) is 16.4 Å². The van der Waals surface area contributed by atoms with Crippen LogP contribution in [0.1, 0.15) is 22.8 Å². The quantitative estimate of drug-likeness (QED) is 0.911. The monoisotopic (exact) mass is 320 g/mol. The second kappa shape index (κ2) is 5.84. The van der Waals surface area contributed by atoms with Gasteiger partial charge in [-0.3, -0.25) is 9.78 Å². The van der Waals surface area contributed by atoms with Gasteiger partial charge in [0.2, 0.25) is 0 Å². The Kier molecular flexibility index (Phi) is 4.16. The number of aromatic hydroxyl groups is 1. The highest BCUT2D eigenvalue weighted by atomic mass is 79.9. The zero-order chi connectivity index (χ0) is 13.8. The summed E-state index contributed by atoms with van der Waals surface area (Å²) in [4.78, 5) is 15.8. The Balaban J connectivity index is 2.24. The summed E-state index contributed by atoms with van der Waals surface area (Å²) in [5.74, 6) is -0.320. The third kappa shape index (κ3) is 3.32. The summed E-state index contributed by atoms with van der Waals surface area (Å²) >= 11 is 3.40. The molecule has 0 bridgehead atoms. The predicted molar refractivity (Wildman–Crippen MR) is 77.4 cm³/mol. The van der Waals surface area contributed by atoms with Crippen molar-refractivity contribution in [1.29, 1.82) is 0 Å². The minimum absolute atomic E-state index is 0.0285. The summed E-state index contributed by atoms with van der Waals surface area (Å²) in [6, 6.07) is 7.07. The van der Waals surface area contributed by atoms with E-state index in [1.165, 1.54) is 18.5 Å². The van der Waals surface area contributed by atoms with Gasteiger partial charge in [0.1, 0.15) is 5.75 Å². The molecule has 0 saturated heterocycles. The van der Waals surface area contributed by atoms with Gasteiger partial charge in [-0.25, -0.2) is 0 Å². The molecule has 0 spiro atoms. The lowest BCUT2D eigenvalue weighted by Crippen LogP contribution is -2.13. The van der Waals surface area contributed by atoms with Gasteiger partial charge in [0.25, 0.3) is 5.91 Å². The Morgan fingerprint density at radius 2 is 2.16 bits per heavy atom. The van der Waals surface area contributed by atoms with Crippen LogP contribution in [0.15, 0.2) is 41.1 Å².